The van der Waals surface area contributed by atoms with Gasteiger partial charge in [-0.1, -0.05) is 30.3 Å². The number of likely N-dealkylation sites (N-methyl/N-ethyl adjacent to an activating group) is 1. The lowest BCUT2D eigenvalue weighted by Crippen LogP contribution is -2.42. The quantitative estimate of drug-likeness (QED) is 0.706. The lowest BCUT2D eigenvalue weighted by atomic mass is 10.1. The molecule has 22 heavy (non-hydrogen) atoms. The Bertz CT molecular complexity index is 474. The number of carbonyl (C=O) groups excluding carboxylic acids is 1. The van der Waals surface area contributed by atoms with Gasteiger partial charge in [0.05, 0.1) is 0 Å². The first kappa shape index (κ1) is 18.2. The van der Waals surface area contributed by atoms with Crippen LogP contribution in [0.3, 0.4) is 0 Å². The summed E-state index contributed by atoms with van der Waals surface area (Å²) in [4.78, 5) is 26.9. The van der Waals surface area contributed by atoms with E-state index in [1.807, 2.05) is 37.2 Å². The number of carboxylic acids is 1. The molecule has 0 aliphatic carbocycles. The highest BCUT2D eigenvalue weighted by atomic mass is 16.4. The van der Waals surface area contributed by atoms with Crippen molar-refractivity contribution >= 4 is 11.9 Å². The first-order valence-electron chi connectivity index (χ1n) is 7.62. The number of nitrogens with zero attached hydrogens (tertiary/aromatic N) is 2. The molecule has 1 atom stereocenters. The predicted molar refractivity (Wildman–Crippen MR) is 86.7 cm³/mol. The van der Waals surface area contributed by atoms with Crippen LogP contribution in [-0.4, -0.2) is 60.5 Å². The van der Waals surface area contributed by atoms with Crippen LogP contribution in [0.4, 0.5) is 0 Å². The molecular formula is C17H26N2O3. The minimum absolute atomic E-state index is 0.303. The first-order valence-corrected chi connectivity index (χ1v) is 7.62. The fourth-order valence-corrected chi connectivity index (χ4v) is 2.15. The molecule has 0 saturated heterocycles. The van der Waals surface area contributed by atoms with Gasteiger partial charge in [-0.3, -0.25) is 9.59 Å². The molecule has 1 N–H and O–H groups in total. The van der Waals surface area contributed by atoms with Gasteiger partial charge in [-0.25, -0.2) is 0 Å². The molecule has 1 aromatic carbocycles. The maximum absolute atomic E-state index is 12.3. The molecule has 5 heteroatoms. The molecule has 0 heterocycles. The topological polar surface area (TPSA) is 60.9 Å². The van der Waals surface area contributed by atoms with E-state index in [1.165, 1.54) is 12.5 Å². The van der Waals surface area contributed by atoms with Gasteiger partial charge in [0, 0.05) is 19.6 Å². The molecule has 5 nitrogen and oxygen atoms in total. The Hall–Kier alpha value is -1.88. The van der Waals surface area contributed by atoms with Gasteiger partial charge in [0.1, 0.15) is 5.92 Å². The monoisotopic (exact) mass is 306 g/mol. The van der Waals surface area contributed by atoms with Gasteiger partial charge in [-0.05, 0) is 39.4 Å². The minimum atomic E-state index is -1.07. The summed E-state index contributed by atoms with van der Waals surface area (Å²) in [6, 6.07) is 10.1. The first-order chi connectivity index (χ1) is 10.4. The van der Waals surface area contributed by atoms with Crippen molar-refractivity contribution in [1.82, 2.24) is 9.80 Å². The Balaban J connectivity index is 2.57. The highest BCUT2D eigenvalue weighted by molar-refractivity contribution is 5.96. The van der Waals surface area contributed by atoms with Gasteiger partial charge < -0.3 is 14.9 Å². The average Bonchev–Trinajstić information content (AvgIpc) is 2.49. The second kappa shape index (κ2) is 9.20. The van der Waals surface area contributed by atoms with Crippen molar-refractivity contribution in [2.24, 2.45) is 5.92 Å². The van der Waals surface area contributed by atoms with Crippen molar-refractivity contribution in [2.75, 3.05) is 33.7 Å². The van der Waals surface area contributed by atoms with Crippen molar-refractivity contribution in [1.29, 1.82) is 0 Å². The van der Waals surface area contributed by atoms with Crippen molar-refractivity contribution < 1.29 is 14.7 Å². The van der Waals surface area contributed by atoms with E-state index in [1.54, 1.807) is 4.90 Å². The number of benzene rings is 1. The average molecular weight is 306 g/mol. The highest BCUT2D eigenvalue weighted by Crippen LogP contribution is 2.07. The molecule has 0 aliphatic rings. The minimum Gasteiger partial charge on any atom is -0.481 e. The number of carbonyl (C=O) groups is 2. The van der Waals surface area contributed by atoms with Crippen LogP contribution in [0.25, 0.3) is 0 Å². The number of amides is 1. The molecular weight excluding hydrogens is 280 g/mol. The predicted octanol–water partition coefficient (Wildman–Crippen LogP) is 1.73. The molecule has 0 aliphatic heterocycles. The van der Waals surface area contributed by atoms with E-state index in [9.17, 15) is 9.59 Å². The van der Waals surface area contributed by atoms with Crippen LogP contribution in [0.2, 0.25) is 0 Å². The van der Waals surface area contributed by atoms with E-state index >= 15 is 0 Å². The molecule has 1 rings (SSSR count). The Labute approximate surface area is 132 Å². The highest BCUT2D eigenvalue weighted by Gasteiger charge is 2.25. The zero-order chi connectivity index (χ0) is 16.5. The van der Waals surface area contributed by atoms with Crippen LogP contribution in [0.5, 0.6) is 0 Å². The number of rotatable bonds is 9. The lowest BCUT2D eigenvalue weighted by molar-refractivity contribution is -0.150. The van der Waals surface area contributed by atoms with E-state index in [-0.39, 0.29) is 5.91 Å². The Morgan fingerprint density at radius 3 is 2.27 bits per heavy atom. The van der Waals surface area contributed by atoms with Crippen LogP contribution in [0.1, 0.15) is 18.9 Å². The van der Waals surface area contributed by atoms with Crippen molar-refractivity contribution in [2.45, 2.75) is 19.8 Å². The third kappa shape index (κ3) is 6.26. The normalized spacial score (nSPS) is 12.2. The van der Waals surface area contributed by atoms with Gasteiger partial charge in [-0.15, -0.1) is 0 Å². The van der Waals surface area contributed by atoms with Crippen LogP contribution >= 0.6 is 0 Å². The van der Waals surface area contributed by atoms with Gasteiger partial charge in [0.2, 0.25) is 5.91 Å². The van der Waals surface area contributed by atoms with E-state index in [4.69, 9.17) is 5.11 Å². The second-order valence-electron chi connectivity index (χ2n) is 5.78. The van der Waals surface area contributed by atoms with Gasteiger partial charge in [-0.2, -0.15) is 0 Å². The van der Waals surface area contributed by atoms with Crippen LogP contribution < -0.4 is 0 Å². The maximum Gasteiger partial charge on any atom is 0.315 e. The standard InChI is InChI=1S/C17H26N2O3/c1-14(17(21)22)16(20)19(13-12-18(2)3)11-7-10-15-8-5-4-6-9-15/h4-6,8-9,14H,7,10-13H2,1-3H3,(H,21,22). The van der Waals surface area contributed by atoms with E-state index in [0.29, 0.717) is 13.1 Å². The van der Waals surface area contributed by atoms with Gasteiger partial charge in [0.25, 0.3) is 0 Å². The van der Waals surface area contributed by atoms with Crippen LogP contribution in [0.15, 0.2) is 30.3 Å². The molecule has 1 amide bonds. The molecule has 0 aromatic heterocycles. The summed E-state index contributed by atoms with van der Waals surface area (Å²) in [5.41, 5.74) is 1.23. The molecule has 0 bridgehead atoms. The summed E-state index contributed by atoms with van der Waals surface area (Å²) in [6.45, 7) is 3.31. The van der Waals surface area contributed by atoms with E-state index < -0.39 is 11.9 Å². The molecule has 0 fully saturated rings. The Morgan fingerprint density at radius 1 is 1.09 bits per heavy atom. The number of aliphatic carboxylic acids is 1. The SMILES string of the molecule is CC(C(=O)O)C(=O)N(CCCc1ccccc1)CCN(C)C. The fraction of sp³-hybridized carbons (Fsp3) is 0.529. The van der Waals surface area contributed by atoms with Gasteiger partial charge >= 0.3 is 5.97 Å². The molecule has 0 radical (unpaired) electrons. The summed E-state index contributed by atoms with van der Waals surface area (Å²) in [6.07, 6.45) is 1.71. The largest absolute Gasteiger partial charge is 0.481 e. The van der Waals surface area contributed by atoms with Crippen molar-refractivity contribution in [3.63, 3.8) is 0 Å². The summed E-state index contributed by atoms with van der Waals surface area (Å²) in [7, 11) is 3.88. The maximum atomic E-state index is 12.3. The zero-order valence-corrected chi connectivity index (χ0v) is 13.7. The number of aryl methyl sites for hydroxylation is 1. The summed E-state index contributed by atoms with van der Waals surface area (Å²) < 4.78 is 0. The van der Waals surface area contributed by atoms with Crippen LogP contribution in [0, 0.1) is 5.92 Å². The fourth-order valence-electron chi connectivity index (χ4n) is 2.15. The Kier molecular flexibility index (Phi) is 7.60. The number of hydrogen-bond acceptors (Lipinski definition) is 3. The lowest BCUT2D eigenvalue weighted by Gasteiger charge is -2.26. The molecule has 0 spiro atoms. The molecule has 1 aromatic rings. The molecule has 122 valence electrons. The van der Waals surface area contributed by atoms with Crippen molar-refractivity contribution in [3.05, 3.63) is 35.9 Å². The Morgan fingerprint density at radius 2 is 1.73 bits per heavy atom. The summed E-state index contributed by atoms with van der Waals surface area (Å²) in [5, 5.41) is 9.02. The summed E-state index contributed by atoms with van der Waals surface area (Å²) in [5.74, 6) is -2.36. The third-order valence-electron chi connectivity index (χ3n) is 3.61. The smallest absolute Gasteiger partial charge is 0.315 e. The second-order valence-corrected chi connectivity index (χ2v) is 5.78. The van der Waals surface area contributed by atoms with Crippen LogP contribution in [-0.2, 0) is 16.0 Å². The van der Waals surface area contributed by atoms with E-state index in [2.05, 4.69) is 12.1 Å². The number of hydrogen-bond donors (Lipinski definition) is 1. The van der Waals surface area contributed by atoms with Crippen molar-refractivity contribution in [3.8, 4) is 0 Å². The number of carboxylic acid groups (broad SMARTS) is 1. The molecule has 0 saturated carbocycles. The summed E-state index contributed by atoms with van der Waals surface area (Å²) >= 11 is 0. The van der Waals surface area contributed by atoms with Gasteiger partial charge in [0.15, 0.2) is 0 Å². The zero-order valence-electron chi connectivity index (χ0n) is 13.7. The van der Waals surface area contributed by atoms with E-state index in [0.717, 1.165) is 19.4 Å². The molecule has 1 unspecified atom stereocenters. The third-order valence-corrected chi connectivity index (χ3v) is 3.61.